The zero-order valence-electron chi connectivity index (χ0n) is 23.3. The maximum atomic E-state index is 13.2. The maximum absolute atomic E-state index is 13.2. The lowest BCUT2D eigenvalue weighted by atomic mass is 10.1. The van der Waals surface area contributed by atoms with Crippen LogP contribution in [0.25, 0.3) is 0 Å². The zero-order chi connectivity index (χ0) is 27.9. The molecule has 1 N–H and O–H groups in total. The normalized spacial score (nSPS) is 16.9. The molecule has 1 amide bonds. The van der Waals surface area contributed by atoms with Crippen LogP contribution in [0, 0.1) is 5.82 Å². The molecule has 0 saturated carbocycles. The van der Waals surface area contributed by atoms with Crippen molar-refractivity contribution in [2.24, 2.45) is 0 Å². The molecule has 212 valence electrons. The average molecular weight is 547 g/mol. The van der Waals surface area contributed by atoms with E-state index < -0.39 is 0 Å². The van der Waals surface area contributed by atoms with Crippen LogP contribution in [0.2, 0.25) is 0 Å². The smallest absolute Gasteiger partial charge is 0.253 e. The number of aromatic amines is 1. The van der Waals surface area contributed by atoms with Crippen LogP contribution >= 0.6 is 0 Å². The van der Waals surface area contributed by atoms with Crippen molar-refractivity contribution in [1.29, 1.82) is 0 Å². The summed E-state index contributed by atoms with van der Waals surface area (Å²) in [5.41, 5.74) is 3.70. The second-order valence-electron chi connectivity index (χ2n) is 10.8. The Hall–Kier alpha value is -3.56. The van der Waals surface area contributed by atoms with E-state index in [0.717, 1.165) is 68.8 Å². The van der Waals surface area contributed by atoms with Crippen molar-refractivity contribution < 1.29 is 9.18 Å². The summed E-state index contributed by atoms with van der Waals surface area (Å²) in [7, 11) is 0. The fraction of sp³-hybridized carbons (Fsp3) is 0.452. The third-order valence-corrected chi connectivity index (χ3v) is 7.84. The monoisotopic (exact) mass is 546 g/mol. The largest absolute Gasteiger partial charge is 0.339 e. The minimum Gasteiger partial charge on any atom is -0.339 e. The van der Waals surface area contributed by atoms with Gasteiger partial charge in [-0.05, 0) is 48.2 Å². The molecule has 2 aromatic carbocycles. The molecule has 2 saturated heterocycles. The number of unbranched alkanes of at least 4 members (excludes halogenated alkanes) is 1. The Bertz CT molecular complexity index is 1310. The molecule has 2 aliphatic heterocycles. The van der Waals surface area contributed by atoms with Crippen LogP contribution in [0.3, 0.4) is 0 Å². The number of hydrogen-bond acceptors (Lipinski definition) is 6. The van der Waals surface area contributed by atoms with Gasteiger partial charge >= 0.3 is 0 Å². The maximum Gasteiger partial charge on any atom is 0.253 e. The summed E-state index contributed by atoms with van der Waals surface area (Å²) in [6.45, 7) is 9.59. The van der Waals surface area contributed by atoms with Gasteiger partial charge in [-0.1, -0.05) is 37.6 Å². The number of aromatic nitrogens is 2. The number of benzene rings is 2. The number of halogens is 1. The zero-order valence-corrected chi connectivity index (χ0v) is 23.3. The van der Waals surface area contributed by atoms with E-state index in [-0.39, 0.29) is 17.3 Å². The molecular weight excluding hydrogens is 507 g/mol. The van der Waals surface area contributed by atoms with Gasteiger partial charge in [0.1, 0.15) is 5.82 Å². The summed E-state index contributed by atoms with van der Waals surface area (Å²) < 4.78 is 13.2. The molecule has 1 aromatic heterocycles. The van der Waals surface area contributed by atoms with Crippen molar-refractivity contribution in [1.82, 2.24) is 24.7 Å². The Kier molecular flexibility index (Phi) is 9.23. The lowest BCUT2D eigenvalue weighted by molar-refractivity contribution is 0.0746. The first-order chi connectivity index (χ1) is 19.5. The highest BCUT2D eigenvalue weighted by atomic mass is 19.1. The van der Waals surface area contributed by atoms with E-state index >= 15 is 0 Å². The SMILES string of the molecule is CCCCc1ccc(C(=O)N2CCN(c3nc(CN4CCN(Cc5ccc(F)cc5)CC4)cc(=O)[nH]3)CC2)cc1. The molecule has 3 heterocycles. The van der Waals surface area contributed by atoms with Gasteiger partial charge in [-0.25, -0.2) is 9.37 Å². The van der Waals surface area contributed by atoms with Gasteiger partial charge in [-0.3, -0.25) is 24.4 Å². The van der Waals surface area contributed by atoms with E-state index in [1.807, 2.05) is 29.2 Å². The Balaban J connectivity index is 1.12. The summed E-state index contributed by atoms with van der Waals surface area (Å²) in [4.78, 5) is 41.8. The number of carbonyl (C=O) groups excluding carboxylic acids is 1. The highest BCUT2D eigenvalue weighted by Gasteiger charge is 2.24. The van der Waals surface area contributed by atoms with E-state index in [9.17, 15) is 14.0 Å². The molecule has 0 bridgehead atoms. The van der Waals surface area contributed by atoms with Gasteiger partial charge < -0.3 is 9.80 Å². The van der Waals surface area contributed by atoms with E-state index in [1.54, 1.807) is 6.07 Å². The van der Waals surface area contributed by atoms with Crippen molar-refractivity contribution in [3.8, 4) is 0 Å². The Morgan fingerprint density at radius 3 is 2.12 bits per heavy atom. The molecule has 0 aliphatic carbocycles. The Morgan fingerprint density at radius 2 is 1.48 bits per heavy atom. The van der Waals surface area contributed by atoms with Crippen LogP contribution < -0.4 is 10.5 Å². The first kappa shape index (κ1) is 28.0. The summed E-state index contributed by atoms with van der Waals surface area (Å²) >= 11 is 0. The first-order valence-corrected chi connectivity index (χ1v) is 14.4. The van der Waals surface area contributed by atoms with Gasteiger partial charge in [0.05, 0.1) is 5.69 Å². The number of amides is 1. The fourth-order valence-electron chi connectivity index (χ4n) is 5.41. The summed E-state index contributed by atoms with van der Waals surface area (Å²) in [6.07, 6.45) is 3.36. The molecular formula is C31H39FN6O2. The van der Waals surface area contributed by atoms with Crippen LogP contribution in [-0.2, 0) is 19.5 Å². The third-order valence-electron chi connectivity index (χ3n) is 7.84. The summed E-state index contributed by atoms with van der Waals surface area (Å²) in [5, 5.41) is 0. The van der Waals surface area contributed by atoms with Crippen LogP contribution in [0.4, 0.5) is 10.3 Å². The number of carbonyl (C=O) groups is 1. The fourth-order valence-corrected chi connectivity index (χ4v) is 5.41. The number of H-pyrrole nitrogens is 1. The Labute approximate surface area is 235 Å². The number of anilines is 1. The molecule has 8 nitrogen and oxygen atoms in total. The lowest BCUT2D eigenvalue weighted by Crippen LogP contribution is -2.49. The van der Waals surface area contributed by atoms with Crippen LogP contribution in [-0.4, -0.2) is 82.9 Å². The number of aryl methyl sites for hydroxylation is 1. The van der Waals surface area contributed by atoms with Crippen LogP contribution in [0.15, 0.2) is 59.4 Å². The molecule has 0 atom stereocenters. The number of piperazine rings is 2. The average Bonchev–Trinajstić information content (AvgIpc) is 2.98. The predicted octanol–water partition coefficient (Wildman–Crippen LogP) is 3.53. The van der Waals surface area contributed by atoms with Gasteiger partial charge in [0.15, 0.2) is 0 Å². The van der Waals surface area contributed by atoms with Crippen molar-refractivity contribution in [3.05, 3.63) is 93.2 Å². The van der Waals surface area contributed by atoms with Gasteiger partial charge in [0, 0.05) is 77.1 Å². The second-order valence-corrected chi connectivity index (χ2v) is 10.8. The first-order valence-electron chi connectivity index (χ1n) is 14.4. The van der Waals surface area contributed by atoms with Crippen molar-refractivity contribution in [3.63, 3.8) is 0 Å². The quantitative estimate of drug-likeness (QED) is 0.443. The van der Waals surface area contributed by atoms with Crippen LogP contribution in [0.5, 0.6) is 0 Å². The lowest BCUT2D eigenvalue weighted by Gasteiger charge is -2.36. The standard InChI is InChI=1S/C31H39FN6O2/c1-2-3-4-24-5-9-26(10-6-24)30(40)37-17-19-38(20-18-37)31-33-28(21-29(39)34-31)23-36-15-13-35(14-16-36)22-25-7-11-27(32)12-8-25/h5-12,21H,2-4,13-20,22-23H2,1H3,(H,33,34,39). The van der Waals surface area contributed by atoms with Gasteiger partial charge in [-0.15, -0.1) is 0 Å². The molecule has 3 aromatic rings. The Morgan fingerprint density at radius 1 is 0.850 bits per heavy atom. The van der Waals surface area contributed by atoms with Crippen molar-refractivity contribution in [2.45, 2.75) is 39.3 Å². The second kappa shape index (κ2) is 13.2. The summed E-state index contributed by atoms with van der Waals surface area (Å²) in [5.74, 6) is 0.414. The topological polar surface area (TPSA) is 75.8 Å². The molecule has 2 aliphatic rings. The molecule has 5 rings (SSSR count). The molecule has 2 fully saturated rings. The minimum absolute atomic E-state index is 0.0514. The molecule has 0 spiro atoms. The molecule has 40 heavy (non-hydrogen) atoms. The van der Waals surface area contributed by atoms with E-state index in [2.05, 4.69) is 38.7 Å². The van der Waals surface area contributed by atoms with Crippen LogP contribution in [0.1, 0.15) is 46.9 Å². The molecule has 9 heteroatoms. The van der Waals surface area contributed by atoms with Gasteiger partial charge in [0.25, 0.3) is 11.5 Å². The van der Waals surface area contributed by atoms with Crippen molar-refractivity contribution in [2.75, 3.05) is 57.3 Å². The summed E-state index contributed by atoms with van der Waals surface area (Å²) in [6, 6.07) is 16.3. The predicted molar refractivity (Wildman–Crippen MR) is 155 cm³/mol. The molecule has 0 unspecified atom stereocenters. The third kappa shape index (κ3) is 7.34. The number of nitrogens with zero attached hydrogens (tertiary/aromatic N) is 5. The number of nitrogens with one attached hydrogen (secondary N) is 1. The van der Waals surface area contributed by atoms with E-state index in [0.29, 0.717) is 38.7 Å². The highest BCUT2D eigenvalue weighted by Crippen LogP contribution is 2.16. The van der Waals surface area contributed by atoms with Crippen molar-refractivity contribution >= 4 is 11.9 Å². The van der Waals surface area contributed by atoms with Gasteiger partial charge in [-0.2, -0.15) is 0 Å². The van der Waals surface area contributed by atoms with Gasteiger partial charge in [0.2, 0.25) is 5.95 Å². The van der Waals surface area contributed by atoms with E-state index in [1.165, 1.54) is 17.7 Å². The number of hydrogen-bond donors (Lipinski definition) is 1. The number of rotatable bonds is 9. The molecule has 0 radical (unpaired) electrons. The highest BCUT2D eigenvalue weighted by molar-refractivity contribution is 5.94. The minimum atomic E-state index is -0.211. The van der Waals surface area contributed by atoms with E-state index in [4.69, 9.17) is 4.98 Å².